The molecule has 3 unspecified atom stereocenters. The van der Waals surface area contributed by atoms with Crippen molar-refractivity contribution in [3.63, 3.8) is 0 Å². The molecule has 1 heterocycles. The predicted octanol–water partition coefficient (Wildman–Crippen LogP) is 1.11. The van der Waals surface area contributed by atoms with E-state index in [2.05, 4.69) is 31.0 Å². The molecule has 0 aromatic rings. The summed E-state index contributed by atoms with van der Waals surface area (Å²) in [6.45, 7) is 9.69. The van der Waals surface area contributed by atoms with E-state index in [-0.39, 0.29) is 12.2 Å². The van der Waals surface area contributed by atoms with Crippen molar-refractivity contribution in [2.45, 2.75) is 51.5 Å². The van der Waals surface area contributed by atoms with E-state index in [0.717, 1.165) is 19.6 Å². The van der Waals surface area contributed by atoms with Gasteiger partial charge in [0.15, 0.2) is 0 Å². The minimum absolute atomic E-state index is 0.223. The number of rotatable bonds is 7. The lowest BCUT2D eigenvalue weighted by atomic mass is 10.2. The first-order chi connectivity index (χ1) is 8.08. The van der Waals surface area contributed by atoms with Crippen LogP contribution in [0.3, 0.4) is 0 Å². The number of nitrogens with zero attached hydrogens (tertiary/aromatic N) is 1. The highest BCUT2D eigenvalue weighted by Gasteiger charge is 2.34. The van der Waals surface area contributed by atoms with E-state index in [1.165, 1.54) is 6.42 Å². The van der Waals surface area contributed by atoms with Crippen molar-refractivity contribution in [3.8, 4) is 0 Å². The largest absolute Gasteiger partial charge is 0.377 e. The van der Waals surface area contributed by atoms with E-state index in [1.54, 1.807) is 14.2 Å². The topological polar surface area (TPSA) is 33.7 Å². The van der Waals surface area contributed by atoms with Gasteiger partial charge in [0.2, 0.25) is 0 Å². The molecule has 1 aliphatic rings. The molecule has 0 aromatic carbocycles. The molecule has 1 aliphatic heterocycles. The Bertz CT molecular complexity index is 200. The van der Waals surface area contributed by atoms with Crippen molar-refractivity contribution < 1.29 is 9.47 Å². The number of hydrogen-bond acceptors (Lipinski definition) is 4. The van der Waals surface area contributed by atoms with Crippen molar-refractivity contribution >= 4 is 0 Å². The Balaban J connectivity index is 2.30. The molecule has 3 atom stereocenters. The second-order valence-electron chi connectivity index (χ2n) is 5.25. The first-order valence-electron chi connectivity index (χ1n) is 6.61. The average molecular weight is 244 g/mol. The Hall–Kier alpha value is -0.160. The molecule has 0 saturated carbocycles. The smallest absolute Gasteiger partial charge is 0.0971 e. The van der Waals surface area contributed by atoms with Crippen LogP contribution in [0.1, 0.15) is 27.2 Å². The molecule has 0 bridgehead atoms. The Morgan fingerprint density at radius 1 is 1.12 bits per heavy atom. The van der Waals surface area contributed by atoms with Crippen LogP contribution in [0, 0.1) is 0 Å². The number of nitrogens with one attached hydrogen (secondary N) is 1. The number of hydrogen-bond donors (Lipinski definition) is 1. The first kappa shape index (κ1) is 14.9. The Morgan fingerprint density at radius 3 is 2.06 bits per heavy atom. The maximum atomic E-state index is 5.46. The summed E-state index contributed by atoms with van der Waals surface area (Å²) in [6.07, 6.45) is 1.62. The number of ether oxygens (including phenoxy) is 2. The second kappa shape index (κ2) is 7.31. The van der Waals surface area contributed by atoms with Gasteiger partial charge in [-0.25, -0.2) is 0 Å². The quantitative estimate of drug-likeness (QED) is 0.727. The van der Waals surface area contributed by atoms with E-state index in [0.29, 0.717) is 12.1 Å². The standard InChI is InChI=1S/C13H28N2O2/c1-10(2)14-7-6-11(3)15-8-12(16-4)13(9-15)17-5/h10-14H,6-9H2,1-5H3. The van der Waals surface area contributed by atoms with Crippen molar-refractivity contribution in [3.05, 3.63) is 0 Å². The highest BCUT2D eigenvalue weighted by molar-refractivity contribution is 4.88. The zero-order chi connectivity index (χ0) is 12.8. The normalized spacial score (nSPS) is 27.9. The maximum absolute atomic E-state index is 5.46. The van der Waals surface area contributed by atoms with E-state index >= 15 is 0 Å². The third-order valence-electron chi connectivity index (χ3n) is 3.59. The molecular formula is C13H28N2O2. The predicted molar refractivity (Wildman–Crippen MR) is 70.4 cm³/mol. The van der Waals surface area contributed by atoms with Gasteiger partial charge >= 0.3 is 0 Å². The van der Waals surface area contributed by atoms with Crippen LogP contribution in [0.5, 0.6) is 0 Å². The fourth-order valence-electron chi connectivity index (χ4n) is 2.35. The average Bonchev–Trinajstić information content (AvgIpc) is 2.71. The SMILES string of the molecule is COC1CN(C(C)CCNC(C)C)CC1OC. The van der Waals surface area contributed by atoms with Crippen LogP contribution < -0.4 is 5.32 Å². The van der Waals surface area contributed by atoms with Gasteiger partial charge in [-0.3, -0.25) is 4.90 Å². The maximum Gasteiger partial charge on any atom is 0.0971 e. The van der Waals surface area contributed by atoms with Crippen molar-refractivity contribution in [1.29, 1.82) is 0 Å². The molecule has 17 heavy (non-hydrogen) atoms. The Kier molecular flexibility index (Phi) is 6.41. The fraction of sp³-hybridized carbons (Fsp3) is 1.00. The summed E-state index contributed by atoms with van der Waals surface area (Å²) in [5.74, 6) is 0. The van der Waals surface area contributed by atoms with Crippen molar-refractivity contribution in [2.75, 3.05) is 33.9 Å². The molecule has 0 radical (unpaired) electrons. The van der Waals surface area contributed by atoms with Gasteiger partial charge in [-0.1, -0.05) is 13.8 Å². The minimum Gasteiger partial charge on any atom is -0.377 e. The van der Waals surface area contributed by atoms with Gasteiger partial charge in [0.1, 0.15) is 0 Å². The van der Waals surface area contributed by atoms with Crippen LogP contribution >= 0.6 is 0 Å². The van der Waals surface area contributed by atoms with Crippen LogP contribution in [-0.2, 0) is 9.47 Å². The molecule has 0 amide bonds. The second-order valence-corrected chi connectivity index (χ2v) is 5.25. The van der Waals surface area contributed by atoms with Crippen LogP contribution in [0.25, 0.3) is 0 Å². The highest BCUT2D eigenvalue weighted by Crippen LogP contribution is 2.19. The monoisotopic (exact) mass is 244 g/mol. The third-order valence-corrected chi connectivity index (χ3v) is 3.59. The zero-order valence-electron chi connectivity index (χ0n) is 11.9. The van der Waals surface area contributed by atoms with Gasteiger partial charge in [-0.2, -0.15) is 0 Å². The summed E-state index contributed by atoms with van der Waals surface area (Å²) in [7, 11) is 3.54. The molecule has 1 saturated heterocycles. The third kappa shape index (κ3) is 4.54. The van der Waals surface area contributed by atoms with Gasteiger partial charge in [-0.15, -0.1) is 0 Å². The summed E-state index contributed by atoms with van der Waals surface area (Å²) < 4.78 is 10.9. The van der Waals surface area contributed by atoms with Gasteiger partial charge in [0.25, 0.3) is 0 Å². The first-order valence-corrected chi connectivity index (χ1v) is 6.61. The summed E-state index contributed by atoms with van der Waals surface area (Å²) in [4.78, 5) is 2.46. The van der Waals surface area contributed by atoms with E-state index in [4.69, 9.17) is 9.47 Å². The lowest BCUT2D eigenvalue weighted by Crippen LogP contribution is -2.35. The van der Waals surface area contributed by atoms with Gasteiger partial charge in [0.05, 0.1) is 12.2 Å². The summed E-state index contributed by atoms with van der Waals surface area (Å²) >= 11 is 0. The van der Waals surface area contributed by atoms with Crippen LogP contribution in [0.2, 0.25) is 0 Å². The van der Waals surface area contributed by atoms with Gasteiger partial charge in [-0.05, 0) is 19.9 Å². The lowest BCUT2D eigenvalue weighted by Gasteiger charge is -2.24. The number of methoxy groups -OCH3 is 2. The molecule has 0 spiro atoms. The van der Waals surface area contributed by atoms with E-state index in [9.17, 15) is 0 Å². The molecule has 1 N–H and O–H groups in total. The number of likely N-dealkylation sites (tertiary alicyclic amines) is 1. The Morgan fingerprint density at radius 2 is 1.65 bits per heavy atom. The van der Waals surface area contributed by atoms with Crippen molar-refractivity contribution in [1.82, 2.24) is 10.2 Å². The molecule has 0 aromatic heterocycles. The van der Waals surface area contributed by atoms with Crippen LogP contribution in [-0.4, -0.2) is 63.0 Å². The van der Waals surface area contributed by atoms with Gasteiger partial charge < -0.3 is 14.8 Å². The van der Waals surface area contributed by atoms with Crippen LogP contribution in [0.4, 0.5) is 0 Å². The molecule has 102 valence electrons. The van der Waals surface area contributed by atoms with Crippen LogP contribution in [0.15, 0.2) is 0 Å². The summed E-state index contributed by atoms with van der Waals surface area (Å²) in [5.41, 5.74) is 0. The Labute approximate surface area is 106 Å². The molecule has 1 rings (SSSR count). The fourth-order valence-corrected chi connectivity index (χ4v) is 2.35. The summed E-state index contributed by atoms with van der Waals surface area (Å²) in [5, 5.41) is 3.46. The van der Waals surface area contributed by atoms with E-state index in [1.807, 2.05) is 0 Å². The van der Waals surface area contributed by atoms with Crippen molar-refractivity contribution in [2.24, 2.45) is 0 Å². The molecule has 4 nitrogen and oxygen atoms in total. The molecular weight excluding hydrogens is 216 g/mol. The zero-order valence-corrected chi connectivity index (χ0v) is 11.9. The molecule has 1 fully saturated rings. The minimum atomic E-state index is 0.223. The van der Waals surface area contributed by atoms with E-state index < -0.39 is 0 Å². The lowest BCUT2D eigenvalue weighted by molar-refractivity contribution is -0.00461. The molecule has 4 heteroatoms. The summed E-state index contributed by atoms with van der Waals surface area (Å²) in [6, 6.07) is 1.15. The molecule has 0 aliphatic carbocycles. The van der Waals surface area contributed by atoms with Gasteiger partial charge in [0, 0.05) is 39.4 Å². The highest BCUT2D eigenvalue weighted by atomic mass is 16.5.